The van der Waals surface area contributed by atoms with Gasteiger partial charge in [0.15, 0.2) is 0 Å². The molecule has 0 unspecified atom stereocenters. The van der Waals surface area contributed by atoms with Crippen LogP contribution in [0.2, 0.25) is 0 Å². The molecule has 0 aliphatic heterocycles. The van der Waals surface area contributed by atoms with Crippen molar-refractivity contribution in [3.8, 4) is 0 Å². The smallest absolute Gasteiger partial charge is 0.271 e. The van der Waals surface area contributed by atoms with Gasteiger partial charge in [0.2, 0.25) is 0 Å². The molecule has 1 heterocycles. The first kappa shape index (κ1) is 13.4. The molecular weight excluding hydrogens is 336 g/mol. The van der Waals surface area contributed by atoms with Crippen LogP contribution in [0, 0.1) is 6.92 Å². The van der Waals surface area contributed by atoms with Gasteiger partial charge in [0.25, 0.3) is 10.0 Å². The van der Waals surface area contributed by atoms with E-state index < -0.39 is 10.0 Å². The second-order valence-electron chi connectivity index (χ2n) is 3.76. The number of halogens is 1. The highest BCUT2D eigenvalue weighted by atomic mass is 79.9. The van der Waals surface area contributed by atoms with E-state index in [1.54, 1.807) is 11.4 Å². The molecular formula is C11H11BrN2O2S2. The molecule has 0 aliphatic carbocycles. The highest BCUT2D eigenvalue weighted by molar-refractivity contribution is 9.10. The van der Waals surface area contributed by atoms with Crippen LogP contribution in [-0.2, 0) is 10.0 Å². The monoisotopic (exact) mass is 346 g/mol. The fraction of sp³-hybridized carbons (Fsp3) is 0.0909. The molecule has 0 fully saturated rings. The topological polar surface area (TPSA) is 72.2 Å². The van der Waals surface area contributed by atoms with E-state index in [-0.39, 0.29) is 4.21 Å². The molecule has 0 radical (unpaired) electrons. The minimum Gasteiger partial charge on any atom is -0.398 e. The van der Waals surface area contributed by atoms with Crippen LogP contribution in [0.15, 0.2) is 38.3 Å². The Morgan fingerprint density at radius 1 is 1.33 bits per heavy atom. The Kier molecular flexibility index (Phi) is 3.65. The van der Waals surface area contributed by atoms with Gasteiger partial charge in [-0.3, -0.25) is 4.72 Å². The minimum atomic E-state index is -3.56. The van der Waals surface area contributed by atoms with Crippen LogP contribution in [0.25, 0.3) is 0 Å². The van der Waals surface area contributed by atoms with E-state index in [9.17, 15) is 8.42 Å². The molecule has 0 amide bonds. The number of nitrogens with one attached hydrogen (secondary N) is 1. The fourth-order valence-corrected chi connectivity index (χ4v) is 3.93. The van der Waals surface area contributed by atoms with Crippen LogP contribution in [0.4, 0.5) is 11.4 Å². The van der Waals surface area contributed by atoms with Crippen LogP contribution in [0.1, 0.15) is 5.56 Å². The number of nitrogen functional groups attached to an aromatic ring is 1. The Labute approximate surface area is 118 Å². The first-order valence-electron chi connectivity index (χ1n) is 5.01. The molecule has 0 spiro atoms. The number of hydrogen-bond acceptors (Lipinski definition) is 4. The lowest BCUT2D eigenvalue weighted by atomic mass is 10.2. The van der Waals surface area contributed by atoms with E-state index in [1.165, 1.54) is 6.07 Å². The molecule has 0 atom stereocenters. The third-order valence-corrected chi connectivity index (χ3v) is 5.62. The molecule has 4 nitrogen and oxygen atoms in total. The van der Waals surface area contributed by atoms with E-state index in [0.29, 0.717) is 11.4 Å². The maximum atomic E-state index is 12.1. The Hall–Kier alpha value is -1.05. The zero-order valence-electron chi connectivity index (χ0n) is 9.48. The van der Waals surface area contributed by atoms with Gasteiger partial charge in [-0.15, -0.1) is 11.3 Å². The first-order chi connectivity index (χ1) is 8.38. The average Bonchev–Trinajstić information content (AvgIpc) is 2.71. The summed E-state index contributed by atoms with van der Waals surface area (Å²) in [5.74, 6) is 0. The zero-order chi connectivity index (χ0) is 13.3. The molecule has 2 rings (SSSR count). The predicted octanol–water partition coefficient (Wildman–Crippen LogP) is 3.20. The zero-order valence-corrected chi connectivity index (χ0v) is 12.7. The predicted molar refractivity (Wildman–Crippen MR) is 78.4 cm³/mol. The van der Waals surface area contributed by atoms with Crippen LogP contribution < -0.4 is 10.5 Å². The largest absolute Gasteiger partial charge is 0.398 e. The molecule has 0 saturated heterocycles. The number of anilines is 2. The van der Waals surface area contributed by atoms with Crippen molar-refractivity contribution >= 4 is 48.7 Å². The van der Waals surface area contributed by atoms with Crippen molar-refractivity contribution < 1.29 is 8.42 Å². The van der Waals surface area contributed by atoms with E-state index in [1.807, 2.05) is 19.1 Å². The number of sulfonamides is 1. The highest BCUT2D eigenvalue weighted by Gasteiger charge is 2.17. The number of benzene rings is 1. The van der Waals surface area contributed by atoms with Gasteiger partial charge in [-0.1, -0.05) is 22.0 Å². The summed E-state index contributed by atoms with van der Waals surface area (Å²) in [6, 6.07) is 6.87. The standard InChI is InChI=1S/C11H11BrN2O2S2/c1-7-2-3-8(12)4-10(7)14-18(15,16)11-5-9(13)6-17-11/h2-6,14H,13H2,1H3. The summed E-state index contributed by atoms with van der Waals surface area (Å²) < 4.78 is 27.8. The SMILES string of the molecule is Cc1ccc(Br)cc1NS(=O)(=O)c1cc(N)cs1. The summed E-state index contributed by atoms with van der Waals surface area (Å²) in [5.41, 5.74) is 7.39. The van der Waals surface area contributed by atoms with Crippen molar-refractivity contribution in [3.63, 3.8) is 0 Å². The highest BCUT2D eigenvalue weighted by Crippen LogP contribution is 2.27. The van der Waals surface area contributed by atoms with Crippen LogP contribution in [0.5, 0.6) is 0 Å². The van der Waals surface area contributed by atoms with Gasteiger partial charge in [-0.2, -0.15) is 0 Å². The summed E-state index contributed by atoms with van der Waals surface area (Å²) in [5, 5.41) is 1.60. The number of hydrogen-bond donors (Lipinski definition) is 2. The van der Waals surface area contributed by atoms with Crippen molar-refractivity contribution in [1.82, 2.24) is 0 Å². The van der Waals surface area contributed by atoms with Crippen LogP contribution in [0.3, 0.4) is 0 Å². The molecule has 0 aliphatic rings. The molecule has 3 N–H and O–H groups in total. The normalized spacial score (nSPS) is 11.4. The Morgan fingerprint density at radius 3 is 2.67 bits per heavy atom. The third-order valence-electron chi connectivity index (χ3n) is 2.30. The third kappa shape index (κ3) is 2.85. The van der Waals surface area contributed by atoms with Crippen molar-refractivity contribution in [1.29, 1.82) is 0 Å². The molecule has 2 aromatic rings. The second kappa shape index (κ2) is 4.91. The van der Waals surface area contributed by atoms with E-state index >= 15 is 0 Å². The number of thiophene rings is 1. The molecule has 1 aromatic carbocycles. The molecule has 0 saturated carbocycles. The Bertz CT molecular complexity index is 680. The van der Waals surface area contributed by atoms with E-state index in [0.717, 1.165) is 21.4 Å². The second-order valence-corrected chi connectivity index (χ2v) is 7.50. The van der Waals surface area contributed by atoms with Gasteiger partial charge in [-0.25, -0.2) is 8.42 Å². The summed E-state index contributed by atoms with van der Waals surface area (Å²) in [7, 11) is -3.56. The number of aryl methyl sites for hydroxylation is 1. The summed E-state index contributed by atoms with van der Waals surface area (Å²) in [4.78, 5) is 0. The molecule has 96 valence electrons. The Morgan fingerprint density at radius 2 is 2.06 bits per heavy atom. The van der Waals surface area contributed by atoms with Gasteiger partial charge in [-0.05, 0) is 30.7 Å². The summed E-state index contributed by atoms with van der Waals surface area (Å²) in [6.07, 6.45) is 0. The van der Waals surface area contributed by atoms with Gasteiger partial charge in [0.1, 0.15) is 4.21 Å². The lowest BCUT2D eigenvalue weighted by molar-refractivity contribution is 0.603. The maximum Gasteiger partial charge on any atom is 0.271 e. The van der Waals surface area contributed by atoms with Gasteiger partial charge >= 0.3 is 0 Å². The van der Waals surface area contributed by atoms with Gasteiger partial charge < -0.3 is 5.73 Å². The number of nitrogens with two attached hydrogens (primary N) is 1. The summed E-state index contributed by atoms with van der Waals surface area (Å²) in [6.45, 7) is 1.84. The summed E-state index contributed by atoms with van der Waals surface area (Å²) >= 11 is 4.41. The van der Waals surface area contributed by atoms with Gasteiger partial charge in [0.05, 0.1) is 5.69 Å². The van der Waals surface area contributed by atoms with Crippen molar-refractivity contribution in [2.75, 3.05) is 10.5 Å². The van der Waals surface area contributed by atoms with Crippen molar-refractivity contribution in [2.24, 2.45) is 0 Å². The van der Waals surface area contributed by atoms with Gasteiger partial charge in [0, 0.05) is 15.5 Å². The first-order valence-corrected chi connectivity index (χ1v) is 8.17. The lowest BCUT2D eigenvalue weighted by Crippen LogP contribution is -2.12. The average molecular weight is 347 g/mol. The van der Waals surface area contributed by atoms with Crippen LogP contribution >= 0.6 is 27.3 Å². The fourth-order valence-electron chi connectivity index (χ4n) is 1.37. The van der Waals surface area contributed by atoms with E-state index in [4.69, 9.17) is 5.73 Å². The Balaban J connectivity index is 2.36. The molecule has 7 heteroatoms. The molecule has 0 bridgehead atoms. The lowest BCUT2D eigenvalue weighted by Gasteiger charge is -2.09. The van der Waals surface area contributed by atoms with E-state index in [2.05, 4.69) is 20.7 Å². The van der Waals surface area contributed by atoms with Crippen molar-refractivity contribution in [2.45, 2.75) is 11.1 Å². The van der Waals surface area contributed by atoms with Crippen molar-refractivity contribution in [3.05, 3.63) is 39.7 Å². The molecule has 1 aromatic heterocycles. The quantitative estimate of drug-likeness (QED) is 0.896. The van der Waals surface area contributed by atoms with Crippen LogP contribution in [-0.4, -0.2) is 8.42 Å². The maximum absolute atomic E-state index is 12.1. The number of rotatable bonds is 3. The minimum absolute atomic E-state index is 0.208. The molecule has 18 heavy (non-hydrogen) atoms.